The molecule has 1 aromatic rings. The van der Waals surface area contributed by atoms with Gasteiger partial charge in [-0.05, 0) is 7.05 Å². The average Bonchev–Trinajstić information content (AvgIpc) is 2.54. The molecule has 0 aliphatic rings. The van der Waals surface area contributed by atoms with E-state index in [9.17, 15) is 0 Å². The molecule has 13 heavy (non-hydrogen) atoms. The maximum absolute atomic E-state index is 8.66. The molecular weight excluding hydrogens is 186 g/mol. The molecule has 0 fully saturated rings. The van der Waals surface area contributed by atoms with Crippen LogP contribution in [0.2, 0.25) is 0 Å². The number of hydrogen-bond donors (Lipinski definition) is 1. The first-order chi connectivity index (χ1) is 6.27. The molecule has 0 saturated heterocycles. The molecule has 0 spiro atoms. The minimum atomic E-state index is -0.137. The summed E-state index contributed by atoms with van der Waals surface area (Å²) in [7, 11) is 3.60. The van der Waals surface area contributed by atoms with Gasteiger partial charge in [-0.1, -0.05) is 11.8 Å². The minimum Gasteiger partial charge on any atom is -0.304 e. The van der Waals surface area contributed by atoms with Gasteiger partial charge in [-0.25, -0.2) is 9.67 Å². The van der Waals surface area contributed by atoms with E-state index in [1.165, 1.54) is 18.1 Å². The van der Waals surface area contributed by atoms with Crippen molar-refractivity contribution in [2.75, 3.05) is 12.8 Å². The summed E-state index contributed by atoms with van der Waals surface area (Å²) < 4.78 is 1.69. The average molecular weight is 197 g/mol. The fourth-order valence-electron chi connectivity index (χ4n) is 0.759. The number of aryl methyl sites for hydroxylation is 1. The second-order valence-electron chi connectivity index (χ2n) is 2.45. The zero-order valence-corrected chi connectivity index (χ0v) is 8.38. The molecule has 0 aliphatic heterocycles. The highest BCUT2D eigenvalue weighted by Crippen LogP contribution is 2.13. The number of nitrogens with one attached hydrogen (secondary N) is 1. The number of nitriles is 1. The molecule has 1 N–H and O–H groups in total. The largest absolute Gasteiger partial charge is 0.304 e. The molecule has 0 aromatic carbocycles. The first-order valence-corrected chi connectivity index (χ1v) is 4.80. The highest BCUT2D eigenvalue weighted by Gasteiger charge is 2.07. The fourth-order valence-corrected chi connectivity index (χ4v) is 1.67. The lowest BCUT2D eigenvalue weighted by atomic mass is 10.4. The first kappa shape index (κ1) is 10.0. The molecule has 6 heteroatoms. The van der Waals surface area contributed by atoms with Crippen LogP contribution in [0.25, 0.3) is 0 Å². The van der Waals surface area contributed by atoms with E-state index in [-0.39, 0.29) is 6.04 Å². The normalized spacial score (nSPS) is 12.4. The van der Waals surface area contributed by atoms with Crippen molar-refractivity contribution in [2.45, 2.75) is 11.2 Å². The van der Waals surface area contributed by atoms with Crippen LogP contribution in [-0.2, 0) is 7.05 Å². The van der Waals surface area contributed by atoms with Gasteiger partial charge in [0.25, 0.3) is 0 Å². The summed E-state index contributed by atoms with van der Waals surface area (Å²) in [4.78, 5) is 4.03. The molecule has 0 aliphatic carbocycles. The van der Waals surface area contributed by atoms with Gasteiger partial charge in [-0.2, -0.15) is 10.4 Å². The number of thioether (sulfide) groups is 1. The Kier molecular flexibility index (Phi) is 3.73. The second kappa shape index (κ2) is 4.84. The Balaban J connectivity index is 2.44. The van der Waals surface area contributed by atoms with Crippen LogP contribution in [0.1, 0.15) is 0 Å². The van der Waals surface area contributed by atoms with E-state index < -0.39 is 0 Å². The third-order valence-corrected chi connectivity index (χ3v) is 2.68. The second-order valence-corrected chi connectivity index (χ2v) is 3.43. The summed E-state index contributed by atoms with van der Waals surface area (Å²) in [6.07, 6.45) is 1.50. The van der Waals surface area contributed by atoms with Gasteiger partial charge in [0.15, 0.2) is 5.16 Å². The van der Waals surface area contributed by atoms with Crippen molar-refractivity contribution in [2.24, 2.45) is 7.05 Å². The van der Waals surface area contributed by atoms with Gasteiger partial charge in [0.2, 0.25) is 0 Å². The Hall–Kier alpha value is -1.06. The lowest BCUT2D eigenvalue weighted by Crippen LogP contribution is -2.25. The highest BCUT2D eigenvalue weighted by molar-refractivity contribution is 7.99. The smallest absolute Gasteiger partial charge is 0.185 e. The van der Waals surface area contributed by atoms with Gasteiger partial charge in [0.05, 0.1) is 6.07 Å². The van der Waals surface area contributed by atoms with Crippen molar-refractivity contribution < 1.29 is 0 Å². The van der Waals surface area contributed by atoms with Gasteiger partial charge in [-0.15, -0.1) is 0 Å². The Bertz CT molecular complexity index is 302. The Morgan fingerprint density at radius 2 is 2.62 bits per heavy atom. The summed E-state index contributed by atoms with van der Waals surface area (Å²) in [5.41, 5.74) is 0. The summed E-state index contributed by atoms with van der Waals surface area (Å²) in [6, 6.07) is 2.01. The van der Waals surface area contributed by atoms with Crippen LogP contribution in [0.3, 0.4) is 0 Å². The molecule has 0 amide bonds. The molecule has 0 radical (unpaired) electrons. The maximum Gasteiger partial charge on any atom is 0.185 e. The predicted molar refractivity (Wildman–Crippen MR) is 50.2 cm³/mol. The van der Waals surface area contributed by atoms with Gasteiger partial charge in [-0.3, -0.25) is 0 Å². The van der Waals surface area contributed by atoms with E-state index >= 15 is 0 Å². The monoisotopic (exact) mass is 197 g/mol. The minimum absolute atomic E-state index is 0.137. The summed E-state index contributed by atoms with van der Waals surface area (Å²) in [5, 5.41) is 16.3. The maximum atomic E-state index is 8.66. The quantitative estimate of drug-likeness (QED) is 0.689. The van der Waals surface area contributed by atoms with Crippen molar-refractivity contribution >= 4 is 11.8 Å². The van der Waals surface area contributed by atoms with Crippen molar-refractivity contribution in [3.63, 3.8) is 0 Å². The van der Waals surface area contributed by atoms with E-state index in [0.29, 0.717) is 5.75 Å². The van der Waals surface area contributed by atoms with Crippen LogP contribution in [0, 0.1) is 11.3 Å². The van der Waals surface area contributed by atoms with Crippen LogP contribution in [0.5, 0.6) is 0 Å². The topological polar surface area (TPSA) is 66.5 Å². The predicted octanol–water partition coefficient (Wildman–Crippen LogP) is 0.0188. The summed E-state index contributed by atoms with van der Waals surface area (Å²) in [5.74, 6) is 0.680. The van der Waals surface area contributed by atoms with E-state index in [0.717, 1.165) is 5.16 Å². The lowest BCUT2D eigenvalue weighted by molar-refractivity contribution is 0.682. The summed E-state index contributed by atoms with van der Waals surface area (Å²) >= 11 is 1.52. The van der Waals surface area contributed by atoms with E-state index in [2.05, 4.69) is 21.5 Å². The number of nitrogens with zero attached hydrogens (tertiary/aromatic N) is 4. The van der Waals surface area contributed by atoms with E-state index in [4.69, 9.17) is 5.26 Å². The van der Waals surface area contributed by atoms with Crippen LogP contribution in [0.4, 0.5) is 0 Å². The fraction of sp³-hybridized carbons (Fsp3) is 0.571. The third kappa shape index (κ3) is 2.72. The van der Waals surface area contributed by atoms with E-state index in [1.54, 1.807) is 11.7 Å². The van der Waals surface area contributed by atoms with Gasteiger partial charge < -0.3 is 5.32 Å². The van der Waals surface area contributed by atoms with Gasteiger partial charge in [0, 0.05) is 12.8 Å². The van der Waals surface area contributed by atoms with Crippen molar-refractivity contribution in [3.8, 4) is 6.07 Å². The number of hydrogen-bond acceptors (Lipinski definition) is 5. The van der Waals surface area contributed by atoms with Gasteiger partial charge in [0.1, 0.15) is 12.4 Å². The molecule has 1 heterocycles. The lowest BCUT2D eigenvalue weighted by Gasteiger charge is -2.05. The van der Waals surface area contributed by atoms with Crippen LogP contribution >= 0.6 is 11.8 Å². The molecule has 1 unspecified atom stereocenters. The molecule has 0 bridgehead atoms. The molecule has 1 atom stereocenters. The van der Waals surface area contributed by atoms with Gasteiger partial charge >= 0.3 is 0 Å². The molecule has 70 valence electrons. The van der Waals surface area contributed by atoms with E-state index in [1.807, 2.05) is 7.05 Å². The summed E-state index contributed by atoms with van der Waals surface area (Å²) in [6.45, 7) is 0. The van der Waals surface area contributed by atoms with Crippen molar-refractivity contribution in [1.29, 1.82) is 5.26 Å². The Morgan fingerprint density at radius 3 is 3.08 bits per heavy atom. The standard InChI is InChI=1S/C7H11N5S/c1-9-6(3-8)4-13-7-10-5-11-12(7)2/h5-6,9H,4H2,1-2H3. The number of rotatable bonds is 4. The van der Waals surface area contributed by atoms with Crippen molar-refractivity contribution in [3.05, 3.63) is 6.33 Å². The third-order valence-electron chi connectivity index (χ3n) is 1.55. The Morgan fingerprint density at radius 1 is 1.85 bits per heavy atom. The highest BCUT2D eigenvalue weighted by atomic mass is 32.2. The molecule has 1 rings (SSSR count). The number of aromatic nitrogens is 3. The van der Waals surface area contributed by atoms with Crippen LogP contribution in [-0.4, -0.2) is 33.6 Å². The first-order valence-electron chi connectivity index (χ1n) is 3.81. The zero-order valence-electron chi connectivity index (χ0n) is 7.56. The molecule has 5 nitrogen and oxygen atoms in total. The molecule has 1 aromatic heterocycles. The van der Waals surface area contributed by atoms with Crippen LogP contribution in [0.15, 0.2) is 11.5 Å². The van der Waals surface area contributed by atoms with Crippen LogP contribution < -0.4 is 5.32 Å². The SMILES string of the molecule is CNC(C#N)CSc1ncnn1C. The molecule has 0 saturated carbocycles. The van der Waals surface area contributed by atoms with Crippen molar-refractivity contribution in [1.82, 2.24) is 20.1 Å². The Labute approximate surface area is 81.1 Å². The zero-order chi connectivity index (χ0) is 9.68. The molecular formula is C7H11N5S.